The summed E-state index contributed by atoms with van der Waals surface area (Å²) in [7, 11) is 0. The Morgan fingerprint density at radius 2 is 2.27 bits per heavy atom. The van der Waals surface area contributed by atoms with Crippen molar-refractivity contribution in [3.63, 3.8) is 0 Å². The Balaban J connectivity index is 2.82. The summed E-state index contributed by atoms with van der Waals surface area (Å²) in [6.07, 6.45) is 7.02. The average Bonchev–Trinajstić information content (AvgIpc) is 1.97. The van der Waals surface area contributed by atoms with Gasteiger partial charge in [-0.1, -0.05) is 17.7 Å². The maximum absolute atomic E-state index is 9.56. The van der Waals surface area contributed by atoms with E-state index in [1.54, 1.807) is 0 Å². The molecule has 0 heterocycles. The summed E-state index contributed by atoms with van der Waals surface area (Å²) in [6, 6.07) is 0. The number of rotatable bonds is 1. The van der Waals surface area contributed by atoms with E-state index in [0.717, 1.165) is 24.8 Å². The van der Waals surface area contributed by atoms with Crippen LogP contribution >= 0.6 is 0 Å². The van der Waals surface area contributed by atoms with Crippen molar-refractivity contribution >= 4 is 0 Å². The predicted molar refractivity (Wildman–Crippen MR) is 47.4 cm³/mol. The molecule has 11 heavy (non-hydrogen) atoms. The first-order valence-corrected chi connectivity index (χ1v) is 4.26. The van der Waals surface area contributed by atoms with Crippen LogP contribution < -0.4 is 0 Å². The van der Waals surface area contributed by atoms with E-state index in [0.29, 0.717) is 0 Å². The highest BCUT2D eigenvalue weighted by Crippen LogP contribution is 2.25. The highest BCUT2D eigenvalue weighted by molar-refractivity contribution is 5.29. The molecule has 1 heteroatoms. The summed E-state index contributed by atoms with van der Waals surface area (Å²) in [4.78, 5) is 0. The minimum atomic E-state index is -0.208. The first kappa shape index (κ1) is 8.54. The van der Waals surface area contributed by atoms with E-state index in [1.165, 1.54) is 5.57 Å². The molecule has 0 aromatic rings. The maximum Gasteiger partial charge on any atom is 0.0789 e. The van der Waals surface area contributed by atoms with E-state index >= 15 is 0 Å². The Bertz CT molecular complexity index is 189. The zero-order valence-electron chi connectivity index (χ0n) is 7.30. The highest BCUT2D eigenvalue weighted by atomic mass is 16.3. The van der Waals surface area contributed by atoms with Crippen molar-refractivity contribution in [2.45, 2.75) is 39.2 Å². The lowest BCUT2D eigenvalue weighted by Gasteiger charge is -2.20. The van der Waals surface area contributed by atoms with Gasteiger partial charge in [0.1, 0.15) is 0 Å². The van der Waals surface area contributed by atoms with Gasteiger partial charge in [0.05, 0.1) is 6.10 Å². The molecule has 0 bridgehead atoms. The van der Waals surface area contributed by atoms with E-state index in [1.807, 2.05) is 19.1 Å². The van der Waals surface area contributed by atoms with E-state index < -0.39 is 0 Å². The van der Waals surface area contributed by atoms with Gasteiger partial charge in [-0.05, 0) is 38.7 Å². The molecule has 0 saturated heterocycles. The molecule has 0 fully saturated rings. The van der Waals surface area contributed by atoms with Crippen LogP contribution in [-0.2, 0) is 0 Å². The van der Waals surface area contributed by atoms with Gasteiger partial charge in [-0.2, -0.15) is 0 Å². The van der Waals surface area contributed by atoms with Crippen molar-refractivity contribution in [1.82, 2.24) is 0 Å². The van der Waals surface area contributed by atoms with Gasteiger partial charge in [-0.15, -0.1) is 0 Å². The number of allylic oxidation sites excluding steroid dienone is 2. The Labute approximate surface area is 68.4 Å². The summed E-state index contributed by atoms with van der Waals surface area (Å²) in [5.74, 6) is 0. The maximum atomic E-state index is 9.56. The van der Waals surface area contributed by atoms with Gasteiger partial charge < -0.3 is 5.11 Å². The molecule has 1 nitrogen and oxygen atoms in total. The Morgan fingerprint density at radius 1 is 1.55 bits per heavy atom. The predicted octanol–water partition coefficient (Wildman–Crippen LogP) is 2.42. The number of aliphatic hydroxyl groups is 1. The van der Waals surface area contributed by atoms with Gasteiger partial charge >= 0.3 is 0 Å². The van der Waals surface area contributed by atoms with E-state index in [2.05, 4.69) is 6.92 Å². The zero-order chi connectivity index (χ0) is 8.27. The molecule has 1 atom stereocenters. The minimum absolute atomic E-state index is 0.208. The SMILES string of the molecule is C/C=C\C1=C(C)CCCC1O. The van der Waals surface area contributed by atoms with Gasteiger partial charge in [0.2, 0.25) is 0 Å². The van der Waals surface area contributed by atoms with Crippen LogP contribution in [0.5, 0.6) is 0 Å². The lowest BCUT2D eigenvalue weighted by molar-refractivity contribution is 0.193. The molecule has 0 aromatic heterocycles. The molecular formula is C10H16O. The topological polar surface area (TPSA) is 20.2 Å². The number of hydrogen-bond donors (Lipinski definition) is 1. The van der Waals surface area contributed by atoms with Crippen LogP contribution in [0, 0.1) is 0 Å². The second-order valence-corrected chi connectivity index (χ2v) is 3.14. The zero-order valence-corrected chi connectivity index (χ0v) is 7.30. The number of aliphatic hydroxyl groups excluding tert-OH is 1. The van der Waals surface area contributed by atoms with Crippen LogP contribution in [0.3, 0.4) is 0 Å². The lowest BCUT2D eigenvalue weighted by atomic mass is 9.90. The first-order chi connectivity index (χ1) is 5.25. The van der Waals surface area contributed by atoms with Crippen LogP contribution in [0.1, 0.15) is 33.1 Å². The molecule has 0 spiro atoms. The summed E-state index contributed by atoms with van der Waals surface area (Å²) < 4.78 is 0. The molecule has 0 aromatic carbocycles. The molecule has 0 aliphatic heterocycles. The lowest BCUT2D eigenvalue weighted by Crippen LogP contribution is -2.14. The summed E-state index contributed by atoms with van der Waals surface area (Å²) in [5, 5.41) is 9.56. The van der Waals surface area contributed by atoms with Crippen molar-refractivity contribution in [3.8, 4) is 0 Å². The van der Waals surface area contributed by atoms with E-state index in [4.69, 9.17) is 0 Å². The highest BCUT2D eigenvalue weighted by Gasteiger charge is 2.15. The molecule has 0 saturated carbocycles. The second-order valence-electron chi connectivity index (χ2n) is 3.14. The molecular weight excluding hydrogens is 136 g/mol. The largest absolute Gasteiger partial charge is 0.388 e. The molecule has 1 rings (SSSR count). The van der Waals surface area contributed by atoms with Crippen LogP contribution in [0.4, 0.5) is 0 Å². The van der Waals surface area contributed by atoms with Crippen molar-refractivity contribution in [3.05, 3.63) is 23.3 Å². The van der Waals surface area contributed by atoms with Crippen molar-refractivity contribution in [1.29, 1.82) is 0 Å². The minimum Gasteiger partial charge on any atom is -0.388 e. The van der Waals surface area contributed by atoms with Gasteiger partial charge in [0.15, 0.2) is 0 Å². The van der Waals surface area contributed by atoms with Crippen molar-refractivity contribution in [2.24, 2.45) is 0 Å². The monoisotopic (exact) mass is 152 g/mol. The molecule has 0 amide bonds. The molecule has 1 aliphatic carbocycles. The average molecular weight is 152 g/mol. The van der Waals surface area contributed by atoms with Gasteiger partial charge in [0, 0.05) is 0 Å². The first-order valence-electron chi connectivity index (χ1n) is 4.26. The van der Waals surface area contributed by atoms with Crippen LogP contribution in [-0.4, -0.2) is 11.2 Å². The Hall–Kier alpha value is -0.560. The fourth-order valence-electron chi connectivity index (χ4n) is 1.58. The third kappa shape index (κ3) is 1.93. The van der Waals surface area contributed by atoms with Gasteiger partial charge in [0.25, 0.3) is 0 Å². The third-order valence-electron chi connectivity index (χ3n) is 2.23. The molecule has 0 radical (unpaired) electrons. The fourth-order valence-corrected chi connectivity index (χ4v) is 1.58. The van der Waals surface area contributed by atoms with Crippen molar-refractivity contribution < 1.29 is 5.11 Å². The second kappa shape index (κ2) is 3.72. The van der Waals surface area contributed by atoms with E-state index in [-0.39, 0.29) is 6.10 Å². The molecule has 1 unspecified atom stereocenters. The molecule has 62 valence electrons. The summed E-state index contributed by atoms with van der Waals surface area (Å²) in [5.41, 5.74) is 2.49. The van der Waals surface area contributed by atoms with Crippen molar-refractivity contribution in [2.75, 3.05) is 0 Å². The van der Waals surface area contributed by atoms with Crippen LogP contribution in [0.2, 0.25) is 0 Å². The van der Waals surface area contributed by atoms with Crippen LogP contribution in [0.25, 0.3) is 0 Å². The molecule has 1 N–H and O–H groups in total. The third-order valence-corrected chi connectivity index (χ3v) is 2.23. The normalized spacial score (nSPS) is 26.6. The quantitative estimate of drug-likeness (QED) is 0.611. The molecule has 1 aliphatic rings. The fraction of sp³-hybridized carbons (Fsp3) is 0.600. The van der Waals surface area contributed by atoms with Gasteiger partial charge in [-0.25, -0.2) is 0 Å². The van der Waals surface area contributed by atoms with Crippen LogP contribution in [0.15, 0.2) is 23.3 Å². The summed E-state index contributed by atoms with van der Waals surface area (Å²) in [6.45, 7) is 4.10. The number of hydrogen-bond acceptors (Lipinski definition) is 1. The smallest absolute Gasteiger partial charge is 0.0789 e. The van der Waals surface area contributed by atoms with Gasteiger partial charge in [-0.3, -0.25) is 0 Å². The Morgan fingerprint density at radius 3 is 2.82 bits per heavy atom. The summed E-state index contributed by atoms with van der Waals surface area (Å²) >= 11 is 0. The van der Waals surface area contributed by atoms with E-state index in [9.17, 15) is 5.11 Å². The Kier molecular flexibility index (Phi) is 2.89. The standard InChI is InChI=1S/C10H16O/c1-3-5-9-8(2)6-4-7-10(9)11/h3,5,10-11H,4,6-7H2,1-2H3/b5-3-.